The van der Waals surface area contributed by atoms with Crippen LogP contribution in [0.3, 0.4) is 0 Å². The summed E-state index contributed by atoms with van der Waals surface area (Å²) in [4.78, 5) is 0. The second-order valence-corrected chi connectivity index (χ2v) is 12.5. The second-order valence-electron chi connectivity index (χ2n) is 12.5. The maximum atomic E-state index is 2.36. The normalized spacial score (nSPS) is 11.3. The molecule has 0 unspecified atom stereocenters. The van der Waals surface area contributed by atoms with E-state index in [-0.39, 0.29) is 0 Å². The third kappa shape index (κ3) is 4.96. The van der Waals surface area contributed by atoms with Gasteiger partial charge in [0.1, 0.15) is 0 Å². The van der Waals surface area contributed by atoms with Crippen molar-refractivity contribution in [2.45, 2.75) is 0 Å². The van der Waals surface area contributed by atoms with Crippen LogP contribution in [0.25, 0.3) is 88.0 Å². The number of benzene rings is 9. The van der Waals surface area contributed by atoms with Gasteiger partial charge in [-0.05, 0) is 106 Å². The summed E-state index contributed by atoms with van der Waals surface area (Å²) in [6.45, 7) is 0. The Labute approximate surface area is 281 Å². The standard InChI is InChI=1S/C48H32/c1-2-12-33(13-3-1)38-16-10-18-41(31-38)47-43-20-6-8-22-45(43)48(46-23-9-7-21-44(46)47)42-19-11-17-39(32-42)35-24-26-36(27-25-35)40-29-28-34-14-4-5-15-37(34)30-40/h1-32H. The smallest absolute Gasteiger partial charge is 0.00262 e. The van der Waals surface area contributed by atoms with E-state index in [9.17, 15) is 0 Å². The Morgan fingerprint density at radius 2 is 0.542 bits per heavy atom. The molecule has 224 valence electrons. The molecular formula is C48H32. The van der Waals surface area contributed by atoms with Crippen molar-refractivity contribution in [1.82, 2.24) is 0 Å². The molecule has 9 rings (SSSR count). The van der Waals surface area contributed by atoms with Gasteiger partial charge in [-0.15, -0.1) is 0 Å². The lowest BCUT2D eigenvalue weighted by Gasteiger charge is -2.18. The molecule has 0 aliphatic carbocycles. The molecule has 0 saturated carbocycles. The molecule has 0 nitrogen and oxygen atoms in total. The minimum absolute atomic E-state index is 1.21. The Kier molecular flexibility index (Phi) is 6.91. The lowest BCUT2D eigenvalue weighted by molar-refractivity contribution is 1.59. The highest BCUT2D eigenvalue weighted by Gasteiger charge is 2.17. The van der Waals surface area contributed by atoms with E-state index in [4.69, 9.17) is 0 Å². The van der Waals surface area contributed by atoms with Crippen molar-refractivity contribution in [1.29, 1.82) is 0 Å². The van der Waals surface area contributed by atoms with Gasteiger partial charge >= 0.3 is 0 Å². The van der Waals surface area contributed by atoms with Crippen molar-refractivity contribution in [2.24, 2.45) is 0 Å². The van der Waals surface area contributed by atoms with Crippen LogP contribution in [0.1, 0.15) is 0 Å². The first kappa shape index (κ1) is 28.0. The summed E-state index contributed by atoms with van der Waals surface area (Å²) in [5.74, 6) is 0. The Hall–Kier alpha value is -6.24. The van der Waals surface area contributed by atoms with Gasteiger partial charge in [0.05, 0.1) is 0 Å². The third-order valence-electron chi connectivity index (χ3n) is 9.64. The summed E-state index contributed by atoms with van der Waals surface area (Å²) in [6, 6.07) is 70.7. The zero-order valence-corrected chi connectivity index (χ0v) is 26.5. The van der Waals surface area contributed by atoms with Crippen LogP contribution in [0, 0.1) is 0 Å². The van der Waals surface area contributed by atoms with Gasteiger partial charge in [0.25, 0.3) is 0 Å². The molecule has 0 bridgehead atoms. The summed E-state index contributed by atoms with van der Waals surface area (Å²) >= 11 is 0. The van der Waals surface area contributed by atoms with Gasteiger partial charge in [-0.2, -0.15) is 0 Å². The fraction of sp³-hybridized carbons (Fsp3) is 0. The highest BCUT2D eigenvalue weighted by atomic mass is 14.2. The average Bonchev–Trinajstić information content (AvgIpc) is 3.17. The molecule has 0 heteroatoms. The summed E-state index contributed by atoms with van der Waals surface area (Å²) in [6.07, 6.45) is 0. The molecule has 0 aromatic heterocycles. The highest BCUT2D eigenvalue weighted by molar-refractivity contribution is 6.21. The van der Waals surface area contributed by atoms with Crippen molar-refractivity contribution in [3.05, 3.63) is 194 Å². The molecular weight excluding hydrogens is 577 g/mol. The van der Waals surface area contributed by atoms with Gasteiger partial charge in [0.2, 0.25) is 0 Å². The molecule has 0 heterocycles. The molecule has 0 fully saturated rings. The minimum Gasteiger partial charge on any atom is -0.0622 e. The number of hydrogen-bond acceptors (Lipinski definition) is 0. The maximum Gasteiger partial charge on any atom is -0.00262 e. The van der Waals surface area contributed by atoms with Crippen molar-refractivity contribution in [3.63, 3.8) is 0 Å². The monoisotopic (exact) mass is 608 g/mol. The molecule has 0 spiro atoms. The van der Waals surface area contributed by atoms with Crippen LogP contribution < -0.4 is 0 Å². The van der Waals surface area contributed by atoms with E-state index in [0.29, 0.717) is 0 Å². The van der Waals surface area contributed by atoms with Gasteiger partial charge in [0.15, 0.2) is 0 Å². The van der Waals surface area contributed by atoms with Crippen LogP contribution in [-0.4, -0.2) is 0 Å². The predicted molar refractivity (Wildman–Crippen MR) is 206 cm³/mol. The van der Waals surface area contributed by atoms with Crippen molar-refractivity contribution in [3.8, 4) is 55.6 Å². The molecule has 0 atom stereocenters. The van der Waals surface area contributed by atoms with Crippen molar-refractivity contribution >= 4 is 32.3 Å². The van der Waals surface area contributed by atoms with E-state index < -0.39 is 0 Å². The van der Waals surface area contributed by atoms with Gasteiger partial charge in [-0.1, -0.05) is 176 Å². The summed E-state index contributed by atoms with van der Waals surface area (Å²) in [7, 11) is 0. The molecule has 0 saturated heterocycles. The fourth-order valence-electron chi connectivity index (χ4n) is 7.31. The van der Waals surface area contributed by atoms with E-state index in [2.05, 4.69) is 194 Å². The first-order valence-corrected chi connectivity index (χ1v) is 16.6. The van der Waals surface area contributed by atoms with Crippen molar-refractivity contribution in [2.75, 3.05) is 0 Å². The van der Waals surface area contributed by atoms with Crippen LogP contribution in [0.15, 0.2) is 194 Å². The topological polar surface area (TPSA) is 0 Å². The molecule has 0 aliphatic heterocycles. The van der Waals surface area contributed by atoms with Crippen molar-refractivity contribution < 1.29 is 0 Å². The SMILES string of the molecule is c1ccc(-c2cccc(-c3c4ccccc4c(-c4cccc(-c5ccc(-c6ccc7ccccc7c6)cc5)c4)c4ccccc34)c2)cc1. The fourth-order valence-corrected chi connectivity index (χ4v) is 7.31. The maximum absolute atomic E-state index is 2.36. The van der Waals surface area contributed by atoms with E-state index >= 15 is 0 Å². The first-order valence-electron chi connectivity index (χ1n) is 16.6. The third-order valence-corrected chi connectivity index (χ3v) is 9.64. The number of fused-ring (bicyclic) bond motifs is 3. The summed E-state index contributed by atoms with van der Waals surface area (Å²) < 4.78 is 0. The van der Waals surface area contributed by atoms with Crippen LogP contribution in [0.5, 0.6) is 0 Å². The van der Waals surface area contributed by atoms with Crippen LogP contribution in [0.2, 0.25) is 0 Å². The predicted octanol–water partition coefficient (Wildman–Crippen LogP) is 13.5. The van der Waals surface area contributed by atoms with E-state index in [1.54, 1.807) is 0 Å². The minimum atomic E-state index is 1.21. The average molecular weight is 609 g/mol. The summed E-state index contributed by atoms with van der Waals surface area (Å²) in [5, 5.41) is 7.59. The molecule has 0 radical (unpaired) electrons. The van der Waals surface area contributed by atoms with Crippen LogP contribution in [0.4, 0.5) is 0 Å². The van der Waals surface area contributed by atoms with E-state index in [1.165, 1.54) is 88.0 Å². The summed E-state index contributed by atoms with van der Waals surface area (Å²) in [5.41, 5.74) is 12.4. The molecule has 9 aromatic carbocycles. The van der Waals surface area contributed by atoms with Gasteiger partial charge in [-0.3, -0.25) is 0 Å². The lowest BCUT2D eigenvalue weighted by atomic mass is 9.85. The zero-order valence-electron chi connectivity index (χ0n) is 26.5. The van der Waals surface area contributed by atoms with Gasteiger partial charge in [0, 0.05) is 0 Å². The second kappa shape index (κ2) is 11.8. The van der Waals surface area contributed by atoms with Gasteiger partial charge < -0.3 is 0 Å². The van der Waals surface area contributed by atoms with Crippen LogP contribution in [-0.2, 0) is 0 Å². The Bertz CT molecular complexity index is 2530. The number of hydrogen-bond donors (Lipinski definition) is 0. The molecule has 0 aliphatic rings. The van der Waals surface area contributed by atoms with E-state index in [1.807, 2.05) is 0 Å². The largest absolute Gasteiger partial charge is 0.0622 e. The molecule has 9 aromatic rings. The highest BCUT2D eigenvalue weighted by Crippen LogP contribution is 2.44. The quantitative estimate of drug-likeness (QED) is 0.171. The van der Waals surface area contributed by atoms with Crippen LogP contribution >= 0.6 is 0 Å². The lowest BCUT2D eigenvalue weighted by Crippen LogP contribution is -1.91. The number of rotatable bonds is 5. The zero-order chi connectivity index (χ0) is 31.9. The Morgan fingerprint density at radius 3 is 1.06 bits per heavy atom. The first-order chi connectivity index (χ1) is 23.8. The Balaban J connectivity index is 1.16. The van der Waals surface area contributed by atoms with E-state index in [0.717, 1.165) is 0 Å². The molecule has 0 amide bonds. The van der Waals surface area contributed by atoms with Gasteiger partial charge in [-0.25, -0.2) is 0 Å². The Morgan fingerprint density at radius 1 is 0.188 bits per heavy atom. The molecule has 0 N–H and O–H groups in total. The molecule has 48 heavy (non-hydrogen) atoms.